The van der Waals surface area contributed by atoms with Gasteiger partial charge in [-0.3, -0.25) is 4.79 Å². The molecule has 5 nitrogen and oxygen atoms in total. The van der Waals surface area contributed by atoms with Gasteiger partial charge in [0.15, 0.2) is 0 Å². The Labute approximate surface area is 161 Å². The van der Waals surface area contributed by atoms with Gasteiger partial charge in [0.25, 0.3) is 5.91 Å². The van der Waals surface area contributed by atoms with Crippen LogP contribution in [0.25, 0.3) is 0 Å². The number of benzene rings is 1. The molecule has 2 amide bonds. The minimum Gasteiger partial charge on any atom is -0.444 e. The Bertz CT molecular complexity index is 713. The first kappa shape index (κ1) is 18.5. The molecule has 1 saturated heterocycles. The van der Waals surface area contributed by atoms with E-state index in [9.17, 15) is 9.59 Å². The van der Waals surface area contributed by atoms with E-state index in [-0.39, 0.29) is 17.5 Å². The minimum atomic E-state index is -0.519. The maximum Gasteiger partial charge on any atom is 0.410 e. The molecule has 1 heterocycles. The summed E-state index contributed by atoms with van der Waals surface area (Å²) in [5.74, 6) is -0.0233. The van der Waals surface area contributed by atoms with E-state index in [2.05, 4.69) is 15.9 Å². The number of nitrogens with zero attached hydrogens (tertiary/aromatic N) is 2. The van der Waals surface area contributed by atoms with Crippen LogP contribution < -0.4 is 0 Å². The van der Waals surface area contributed by atoms with Crippen LogP contribution in [0.3, 0.4) is 0 Å². The average Bonchev–Trinajstić information content (AvgIpc) is 3.24. The van der Waals surface area contributed by atoms with Gasteiger partial charge in [0.2, 0.25) is 0 Å². The normalized spacial score (nSPS) is 19.1. The van der Waals surface area contributed by atoms with Crippen LogP contribution in [-0.2, 0) is 4.74 Å². The van der Waals surface area contributed by atoms with Gasteiger partial charge in [-0.05, 0) is 67.7 Å². The fraction of sp³-hybridized carbons (Fsp3) is 0.556. The van der Waals surface area contributed by atoms with Crippen LogP contribution in [0.1, 0.15) is 44.0 Å². The van der Waals surface area contributed by atoms with Crippen molar-refractivity contribution in [3.8, 4) is 0 Å². The van der Waals surface area contributed by atoms with Crippen molar-refractivity contribution >= 4 is 39.5 Å². The standard InChI is InChI=1S/C18H22BrClN2O3/c1-17(2,3)25-16(24)21-8-9-22(18(11-21)6-7-18)15(23)13-5-4-12(20)10-14(13)19/h4-5,10H,6-9,11H2,1-3H3. The predicted molar refractivity (Wildman–Crippen MR) is 100.0 cm³/mol. The van der Waals surface area contributed by atoms with Crippen LogP contribution in [0.4, 0.5) is 4.79 Å². The first-order chi connectivity index (χ1) is 11.6. The van der Waals surface area contributed by atoms with E-state index < -0.39 is 5.60 Å². The van der Waals surface area contributed by atoms with Gasteiger partial charge < -0.3 is 14.5 Å². The molecule has 3 rings (SSSR count). The molecular formula is C18H22BrClN2O3. The molecule has 0 unspecified atom stereocenters. The lowest BCUT2D eigenvalue weighted by Gasteiger charge is -2.42. The summed E-state index contributed by atoms with van der Waals surface area (Å²) in [5, 5.41) is 0.583. The van der Waals surface area contributed by atoms with Gasteiger partial charge in [-0.15, -0.1) is 0 Å². The van der Waals surface area contributed by atoms with Gasteiger partial charge in [-0.25, -0.2) is 4.79 Å². The van der Waals surface area contributed by atoms with E-state index in [0.717, 1.165) is 12.8 Å². The smallest absolute Gasteiger partial charge is 0.410 e. The molecule has 0 radical (unpaired) electrons. The minimum absolute atomic E-state index is 0.0233. The largest absolute Gasteiger partial charge is 0.444 e. The van der Waals surface area contributed by atoms with E-state index in [0.29, 0.717) is 34.7 Å². The van der Waals surface area contributed by atoms with Crippen LogP contribution in [0.5, 0.6) is 0 Å². The Hall–Kier alpha value is -1.27. The van der Waals surface area contributed by atoms with Crippen LogP contribution >= 0.6 is 27.5 Å². The zero-order chi connectivity index (χ0) is 18.4. The van der Waals surface area contributed by atoms with Gasteiger partial charge in [-0.2, -0.15) is 0 Å². The molecule has 136 valence electrons. The molecule has 7 heteroatoms. The topological polar surface area (TPSA) is 49.9 Å². The lowest BCUT2D eigenvalue weighted by Crippen LogP contribution is -2.58. The Morgan fingerprint density at radius 2 is 1.92 bits per heavy atom. The summed E-state index contributed by atoms with van der Waals surface area (Å²) in [6.45, 7) is 7.08. The number of hydrogen-bond acceptors (Lipinski definition) is 3. The highest BCUT2D eigenvalue weighted by atomic mass is 79.9. The highest BCUT2D eigenvalue weighted by Gasteiger charge is 2.54. The summed E-state index contributed by atoms with van der Waals surface area (Å²) >= 11 is 9.39. The molecular weight excluding hydrogens is 408 g/mol. The van der Waals surface area contributed by atoms with E-state index in [1.54, 1.807) is 23.1 Å². The molecule has 0 aromatic heterocycles. The molecule has 0 N–H and O–H groups in total. The number of ether oxygens (including phenoxy) is 1. The molecule has 1 spiro atoms. The Balaban J connectivity index is 1.74. The van der Waals surface area contributed by atoms with Gasteiger partial charge >= 0.3 is 6.09 Å². The van der Waals surface area contributed by atoms with Crippen molar-refractivity contribution < 1.29 is 14.3 Å². The molecule has 0 atom stereocenters. The van der Waals surface area contributed by atoms with Crippen molar-refractivity contribution in [2.75, 3.05) is 19.6 Å². The van der Waals surface area contributed by atoms with Gasteiger partial charge in [0.1, 0.15) is 5.60 Å². The summed E-state index contributed by atoms with van der Waals surface area (Å²) in [4.78, 5) is 29.0. The zero-order valence-electron chi connectivity index (χ0n) is 14.6. The van der Waals surface area contributed by atoms with E-state index >= 15 is 0 Å². The van der Waals surface area contributed by atoms with Crippen molar-refractivity contribution in [1.29, 1.82) is 0 Å². The molecule has 1 aromatic carbocycles. The fourth-order valence-corrected chi connectivity index (χ4v) is 4.01. The van der Waals surface area contributed by atoms with Gasteiger partial charge in [-0.1, -0.05) is 11.6 Å². The Morgan fingerprint density at radius 3 is 2.48 bits per heavy atom. The maximum absolute atomic E-state index is 13.0. The third-order valence-corrected chi connectivity index (χ3v) is 5.43. The first-order valence-electron chi connectivity index (χ1n) is 8.36. The lowest BCUT2D eigenvalue weighted by atomic mass is 10.1. The molecule has 1 aliphatic carbocycles. The monoisotopic (exact) mass is 428 g/mol. The van der Waals surface area contributed by atoms with Gasteiger partial charge in [0, 0.05) is 29.1 Å². The number of amides is 2. The average molecular weight is 430 g/mol. The predicted octanol–water partition coefficient (Wildman–Crippen LogP) is 4.33. The lowest BCUT2D eigenvalue weighted by molar-refractivity contribution is 0.000613. The summed E-state index contributed by atoms with van der Waals surface area (Å²) in [6.07, 6.45) is 1.51. The van der Waals surface area contributed by atoms with Crippen LogP contribution in [-0.4, -0.2) is 52.6 Å². The third kappa shape index (κ3) is 3.95. The van der Waals surface area contributed by atoms with Crippen molar-refractivity contribution in [3.63, 3.8) is 0 Å². The molecule has 1 aromatic rings. The number of halogens is 2. The maximum atomic E-state index is 13.0. The second-order valence-corrected chi connectivity index (χ2v) is 9.00. The third-order valence-electron chi connectivity index (χ3n) is 4.54. The van der Waals surface area contributed by atoms with E-state index in [1.165, 1.54) is 0 Å². The van der Waals surface area contributed by atoms with Crippen LogP contribution in [0, 0.1) is 0 Å². The zero-order valence-corrected chi connectivity index (χ0v) is 17.0. The van der Waals surface area contributed by atoms with Crippen LogP contribution in [0.15, 0.2) is 22.7 Å². The number of carbonyl (C=O) groups is 2. The summed E-state index contributed by atoms with van der Waals surface area (Å²) < 4.78 is 6.16. The summed E-state index contributed by atoms with van der Waals surface area (Å²) in [5.41, 5.74) is -0.179. The summed E-state index contributed by atoms with van der Waals surface area (Å²) in [7, 11) is 0. The van der Waals surface area contributed by atoms with Crippen LogP contribution in [0.2, 0.25) is 5.02 Å². The van der Waals surface area contributed by atoms with Crippen molar-refractivity contribution in [3.05, 3.63) is 33.3 Å². The Kier molecular flexibility index (Phi) is 4.79. The van der Waals surface area contributed by atoms with Gasteiger partial charge in [0.05, 0.1) is 11.1 Å². The molecule has 0 bridgehead atoms. The highest BCUT2D eigenvalue weighted by Crippen LogP contribution is 2.45. The SMILES string of the molecule is CC(C)(C)OC(=O)N1CCN(C(=O)c2ccc(Cl)cc2Br)C2(CC2)C1. The second kappa shape index (κ2) is 6.47. The first-order valence-corrected chi connectivity index (χ1v) is 9.53. The molecule has 1 aliphatic heterocycles. The molecule has 2 fully saturated rings. The number of carbonyl (C=O) groups excluding carboxylic acids is 2. The Morgan fingerprint density at radius 1 is 1.24 bits per heavy atom. The van der Waals surface area contributed by atoms with Crippen molar-refractivity contribution in [1.82, 2.24) is 9.80 Å². The number of hydrogen-bond donors (Lipinski definition) is 0. The number of piperazine rings is 1. The van der Waals surface area contributed by atoms with E-state index in [1.807, 2.05) is 25.7 Å². The molecule has 2 aliphatic rings. The second-order valence-electron chi connectivity index (χ2n) is 7.71. The van der Waals surface area contributed by atoms with Crippen molar-refractivity contribution in [2.45, 2.75) is 44.8 Å². The number of rotatable bonds is 1. The fourth-order valence-electron chi connectivity index (χ4n) is 3.16. The molecule has 1 saturated carbocycles. The highest BCUT2D eigenvalue weighted by molar-refractivity contribution is 9.10. The van der Waals surface area contributed by atoms with E-state index in [4.69, 9.17) is 16.3 Å². The van der Waals surface area contributed by atoms with Crippen molar-refractivity contribution in [2.24, 2.45) is 0 Å². The summed E-state index contributed by atoms with van der Waals surface area (Å²) in [6, 6.07) is 5.19. The molecule has 25 heavy (non-hydrogen) atoms. The quantitative estimate of drug-likeness (QED) is 0.668.